The zero-order chi connectivity index (χ0) is 12.5. The van der Waals surface area contributed by atoms with Gasteiger partial charge in [0.1, 0.15) is 11.6 Å². The van der Waals surface area contributed by atoms with Gasteiger partial charge in [0.25, 0.3) is 0 Å². The molecular formula is C13H18F2N2. The Kier molecular flexibility index (Phi) is 3.33. The van der Waals surface area contributed by atoms with Crippen molar-refractivity contribution >= 4 is 5.69 Å². The number of nitrogens with zero attached hydrogens (tertiary/aromatic N) is 1. The quantitative estimate of drug-likeness (QED) is 0.850. The average Bonchev–Trinajstić information content (AvgIpc) is 2.97. The Morgan fingerprint density at radius 3 is 2.59 bits per heavy atom. The summed E-state index contributed by atoms with van der Waals surface area (Å²) >= 11 is 0. The Labute approximate surface area is 101 Å². The highest BCUT2D eigenvalue weighted by Gasteiger charge is 2.42. The van der Waals surface area contributed by atoms with Crippen molar-refractivity contribution in [2.24, 2.45) is 5.41 Å². The lowest BCUT2D eigenvalue weighted by Crippen LogP contribution is -2.33. The van der Waals surface area contributed by atoms with Crippen LogP contribution in [-0.4, -0.2) is 27.2 Å². The Morgan fingerprint density at radius 2 is 2.06 bits per heavy atom. The smallest absolute Gasteiger partial charge is 0.149 e. The molecule has 1 N–H and O–H groups in total. The zero-order valence-corrected chi connectivity index (χ0v) is 10.3. The van der Waals surface area contributed by atoms with E-state index in [4.69, 9.17) is 0 Å². The van der Waals surface area contributed by atoms with Crippen LogP contribution >= 0.6 is 0 Å². The summed E-state index contributed by atoms with van der Waals surface area (Å²) in [7, 11) is 3.78. The summed E-state index contributed by atoms with van der Waals surface area (Å²) in [6.45, 7) is 1.75. The molecule has 1 aliphatic carbocycles. The van der Waals surface area contributed by atoms with Crippen LogP contribution in [0.15, 0.2) is 18.2 Å². The van der Waals surface area contributed by atoms with E-state index in [1.165, 1.54) is 25.0 Å². The monoisotopic (exact) mass is 240 g/mol. The molecule has 1 fully saturated rings. The second-order valence-corrected chi connectivity index (χ2v) is 4.98. The van der Waals surface area contributed by atoms with Crippen LogP contribution in [0.2, 0.25) is 0 Å². The normalized spacial score (nSPS) is 16.9. The van der Waals surface area contributed by atoms with Crippen LogP contribution in [-0.2, 0) is 0 Å². The van der Waals surface area contributed by atoms with Gasteiger partial charge in [-0.25, -0.2) is 8.78 Å². The summed E-state index contributed by atoms with van der Waals surface area (Å²) in [6.07, 6.45) is 2.34. The number of halogens is 2. The van der Waals surface area contributed by atoms with Gasteiger partial charge in [-0.15, -0.1) is 0 Å². The van der Waals surface area contributed by atoms with Gasteiger partial charge >= 0.3 is 0 Å². The molecule has 4 heteroatoms. The van der Waals surface area contributed by atoms with E-state index in [1.807, 2.05) is 19.0 Å². The van der Waals surface area contributed by atoms with Crippen LogP contribution < -0.4 is 10.2 Å². The number of nitrogens with one attached hydrogen (secondary N) is 1. The van der Waals surface area contributed by atoms with Crippen LogP contribution in [0.1, 0.15) is 12.8 Å². The molecule has 0 amide bonds. The second-order valence-electron chi connectivity index (χ2n) is 4.98. The minimum absolute atomic E-state index is 0.268. The number of anilines is 1. The summed E-state index contributed by atoms with van der Waals surface area (Å²) in [5.74, 6) is -1.02. The maximum atomic E-state index is 13.6. The Balaban J connectivity index is 2.07. The van der Waals surface area contributed by atoms with Crippen LogP contribution in [0.3, 0.4) is 0 Å². The molecule has 0 bridgehead atoms. The van der Waals surface area contributed by atoms with Gasteiger partial charge in [0, 0.05) is 31.6 Å². The fourth-order valence-electron chi connectivity index (χ4n) is 2.32. The summed E-state index contributed by atoms with van der Waals surface area (Å²) in [5.41, 5.74) is 0.735. The molecule has 1 aliphatic rings. The van der Waals surface area contributed by atoms with E-state index < -0.39 is 11.6 Å². The Morgan fingerprint density at radius 1 is 1.35 bits per heavy atom. The number of rotatable bonds is 5. The lowest BCUT2D eigenvalue weighted by atomic mass is 10.1. The highest BCUT2D eigenvalue weighted by atomic mass is 19.1. The highest BCUT2D eigenvalue weighted by molar-refractivity contribution is 5.47. The minimum Gasteiger partial charge on any atom is -0.372 e. The first-order valence-electron chi connectivity index (χ1n) is 5.87. The van der Waals surface area contributed by atoms with E-state index in [9.17, 15) is 8.78 Å². The fraction of sp³-hybridized carbons (Fsp3) is 0.538. The molecular weight excluding hydrogens is 222 g/mol. The molecule has 1 saturated carbocycles. The van der Waals surface area contributed by atoms with Gasteiger partial charge in [0.05, 0.1) is 5.69 Å². The van der Waals surface area contributed by atoms with Crippen molar-refractivity contribution in [3.05, 3.63) is 29.8 Å². The van der Waals surface area contributed by atoms with Gasteiger partial charge in [-0.1, -0.05) is 0 Å². The van der Waals surface area contributed by atoms with Gasteiger partial charge in [-0.05, 0) is 32.0 Å². The zero-order valence-electron chi connectivity index (χ0n) is 10.3. The topological polar surface area (TPSA) is 15.3 Å². The first-order chi connectivity index (χ1) is 8.06. The summed E-state index contributed by atoms with van der Waals surface area (Å²) in [5, 5.41) is 3.17. The van der Waals surface area contributed by atoms with Crippen molar-refractivity contribution in [3.8, 4) is 0 Å². The summed E-state index contributed by atoms with van der Waals surface area (Å²) in [4.78, 5) is 1.87. The van der Waals surface area contributed by atoms with Crippen molar-refractivity contribution < 1.29 is 8.78 Å². The predicted molar refractivity (Wildman–Crippen MR) is 65.2 cm³/mol. The van der Waals surface area contributed by atoms with E-state index in [0.29, 0.717) is 5.69 Å². The van der Waals surface area contributed by atoms with Gasteiger partial charge in [0.2, 0.25) is 0 Å². The molecule has 0 atom stereocenters. The third kappa shape index (κ3) is 2.75. The van der Waals surface area contributed by atoms with Gasteiger partial charge in [-0.3, -0.25) is 0 Å². The van der Waals surface area contributed by atoms with Gasteiger partial charge in [-0.2, -0.15) is 0 Å². The van der Waals surface area contributed by atoms with Crippen molar-refractivity contribution in [2.75, 3.05) is 32.1 Å². The van der Waals surface area contributed by atoms with Crippen molar-refractivity contribution in [1.29, 1.82) is 0 Å². The van der Waals surface area contributed by atoms with Crippen molar-refractivity contribution in [2.45, 2.75) is 12.8 Å². The fourth-order valence-corrected chi connectivity index (χ4v) is 2.32. The van der Waals surface area contributed by atoms with E-state index >= 15 is 0 Å². The first kappa shape index (κ1) is 12.3. The van der Waals surface area contributed by atoms with Crippen molar-refractivity contribution in [3.63, 3.8) is 0 Å². The van der Waals surface area contributed by atoms with E-state index in [-0.39, 0.29) is 5.41 Å². The maximum Gasteiger partial charge on any atom is 0.149 e. The number of hydrogen-bond acceptors (Lipinski definition) is 2. The molecule has 0 radical (unpaired) electrons. The molecule has 17 heavy (non-hydrogen) atoms. The third-order valence-corrected chi connectivity index (χ3v) is 3.40. The minimum atomic E-state index is -0.531. The average molecular weight is 240 g/mol. The van der Waals surface area contributed by atoms with Crippen LogP contribution in [0.5, 0.6) is 0 Å². The molecule has 0 aromatic heterocycles. The van der Waals surface area contributed by atoms with E-state index in [0.717, 1.165) is 19.2 Å². The largest absolute Gasteiger partial charge is 0.372 e. The van der Waals surface area contributed by atoms with Gasteiger partial charge < -0.3 is 10.2 Å². The highest BCUT2D eigenvalue weighted by Crippen LogP contribution is 2.46. The number of hydrogen-bond donors (Lipinski definition) is 1. The first-order valence-corrected chi connectivity index (χ1v) is 5.87. The predicted octanol–water partition coefficient (Wildman–Crippen LogP) is 2.40. The SMILES string of the molecule is CNCC1(CN(C)c2ccc(F)cc2F)CC1. The van der Waals surface area contributed by atoms with E-state index in [1.54, 1.807) is 0 Å². The molecule has 0 unspecified atom stereocenters. The molecule has 1 aromatic rings. The van der Waals surface area contributed by atoms with Gasteiger partial charge in [0.15, 0.2) is 0 Å². The Bertz CT molecular complexity index is 402. The maximum absolute atomic E-state index is 13.6. The molecule has 2 nitrogen and oxygen atoms in total. The standard InChI is InChI=1S/C13H18F2N2/c1-16-8-13(5-6-13)9-17(2)12-4-3-10(14)7-11(12)15/h3-4,7,16H,5-6,8-9H2,1-2H3. The van der Waals surface area contributed by atoms with Crippen LogP contribution in [0.4, 0.5) is 14.5 Å². The van der Waals surface area contributed by atoms with Crippen molar-refractivity contribution in [1.82, 2.24) is 5.32 Å². The summed E-state index contributed by atoms with van der Waals surface area (Å²) < 4.78 is 26.4. The molecule has 94 valence electrons. The van der Waals surface area contributed by atoms with Crippen LogP contribution in [0.25, 0.3) is 0 Å². The van der Waals surface area contributed by atoms with Crippen LogP contribution in [0, 0.1) is 17.0 Å². The molecule has 0 spiro atoms. The number of benzene rings is 1. The second kappa shape index (κ2) is 4.61. The molecule has 2 rings (SSSR count). The molecule has 0 aliphatic heterocycles. The molecule has 0 heterocycles. The molecule has 0 saturated heterocycles. The third-order valence-electron chi connectivity index (χ3n) is 3.40. The van der Waals surface area contributed by atoms with E-state index in [2.05, 4.69) is 5.32 Å². The lowest BCUT2D eigenvalue weighted by molar-refractivity contribution is 0.478. The lowest BCUT2D eigenvalue weighted by Gasteiger charge is -2.25. The molecule has 1 aromatic carbocycles. The summed E-state index contributed by atoms with van der Waals surface area (Å²) in [6, 6.07) is 3.73. The Hall–Kier alpha value is -1.16.